The molecule has 0 atom stereocenters. The lowest BCUT2D eigenvalue weighted by Crippen LogP contribution is -2.44. The Kier molecular flexibility index (Phi) is 4.62. The highest BCUT2D eigenvalue weighted by Gasteiger charge is 2.16. The van der Waals surface area contributed by atoms with Crippen LogP contribution in [0.25, 0.3) is 5.65 Å². The molecule has 8 heteroatoms. The minimum absolute atomic E-state index is 0.142. The normalized spacial score (nSPS) is 10.5. The maximum Gasteiger partial charge on any atom is 0.288 e. The summed E-state index contributed by atoms with van der Waals surface area (Å²) in [6.07, 6.45) is 1.76. The third kappa shape index (κ3) is 3.58. The van der Waals surface area contributed by atoms with Crippen molar-refractivity contribution in [1.29, 1.82) is 0 Å². The van der Waals surface area contributed by atoms with Gasteiger partial charge in [-0.3, -0.25) is 20.0 Å². The Balaban J connectivity index is 1.66. The van der Waals surface area contributed by atoms with Gasteiger partial charge in [0.05, 0.1) is 5.69 Å². The van der Waals surface area contributed by atoms with Gasteiger partial charge in [-0.05, 0) is 55.9 Å². The lowest BCUT2D eigenvalue weighted by atomic mass is 10.2. The highest BCUT2D eigenvalue weighted by Crippen LogP contribution is 2.13. The molecular weight excluding hydrogens is 341 g/mol. The van der Waals surface area contributed by atoms with Gasteiger partial charge in [0.15, 0.2) is 5.11 Å². The van der Waals surface area contributed by atoms with E-state index in [0.29, 0.717) is 28.3 Å². The zero-order chi connectivity index (χ0) is 18.0. The minimum atomic E-state index is -0.379. The van der Waals surface area contributed by atoms with E-state index in [9.17, 15) is 9.18 Å². The molecule has 3 rings (SSSR count). The molecule has 128 valence electrons. The Hall–Kier alpha value is -3.00. The molecule has 0 radical (unpaired) electrons. The van der Waals surface area contributed by atoms with E-state index < -0.39 is 0 Å². The van der Waals surface area contributed by atoms with Crippen LogP contribution in [-0.4, -0.2) is 20.4 Å². The molecule has 6 nitrogen and oxygen atoms in total. The number of halogens is 1. The van der Waals surface area contributed by atoms with E-state index in [0.717, 1.165) is 0 Å². The van der Waals surface area contributed by atoms with Crippen molar-refractivity contribution in [3.05, 3.63) is 65.4 Å². The number of amides is 1. The molecular formula is C17H16FN5OS. The summed E-state index contributed by atoms with van der Waals surface area (Å²) in [6.45, 7) is 3.43. The number of thiocarbonyl (C=S) groups is 1. The third-order valence-corrected chi connectivity index (χ3v) is 3.84. The third-order valence-electron chi connectivity index (χ3n) is 3.64. The van der Waals surface area contributed by atoms with Gasteiger partial charge in [-0.2, -0.15) is 0 Å². The Morgan fingerprint density at radius 2 is 2.00 bits per heavy atom. The smallest absolute Gasteiger partial charge is 0.288 e. The van der Waals surface area contributed by atoms with Gasteiger partial charge in [-0.15, -0.1) is 0 Å². The van der Waals surface area contributed by atoms with E-state index in [-0.39, 0.29) is 16.8 Å². The first-order valence-electron chi connectivity index (χ1n) is 7.53. The second kappa shape index (κ2) is 6.86. The second-order valence-electron chi connectivity index (χ2n) is 5.47. The van der Waals surface area contributed by atoms with Crippen molar-refractivity contribution in [2.75, 3.05) is 5.32 Å². The molecule has 25 heavy (non-hydrogen) atoms. The molecule has 0 fully saturated rings. The first-order chi connectivity index (χ1) is 12.0. The molecule has 0 saturated heterocycles. The maximum atomic E-state index is 13.5. The van der Waals surface area contributed by atoms with Gasteiger partial charge in [0.25, 0.3) is 5.91 Å². The number of hydrogen-bond acceptors (Lipinski definition) is 3. The number of carbonyl (C=O) groups is 1. The van der Waals surface area contributed by atoms with E-state index in [1.165, 1.54) is 6.07 Å². The van der Waals surface area contributed by atoms with Crippen LogP contribution in [0.4, 0.5) is 10.1 Å². The molecule has 0 aliphatic rings. The van der Waals surface area contributed by atoms with E-state index in [4.69, 9.17) is 12.2 Å². The molecule has 2 heterocycles. The summed E-state index contributed by atoms with van der Waals surface area (Å²) in [5.74, 6) is -0.714. The quantitative estimate of drug-likeness (QED) is 0.486. The SMILES string of the molecule is Cc1ccc(NC(=S)NNC(=O)c2c(C)nc3ccccn23)cc1F. The predicted molar refractivity (Wildman–Crippen MR) is 97.9 cm³/mol. The van der Waals surface area contributed by atoms with Crippen molar-refractivity contribution in [2.45, 2.75) is 13.8 Å². The maximum absolute atomic E-state index is 13.5. The van der Waals surface area contributed by atoms with Crippen molar-refractivity contribution in [1.82, 2.24) is 20.2 Å². The highest BCUT2D eigenvalue weighted by atomic mass is 32.1. The van der Waals surface area contributed by atoms with E-state index in [1.807, 2.05) is 18.2 Å². The average molecular weight is 357 g/mol. The Labute approximate surface area is 149 Å². The van der Waals surface area contributed by atoms with Crippen LogP contribution in [0.3, 0.4) is 0 Å². The van der Waals surface area contributed by atoms with Gasteiger partial charge in [-0.1, -0.05) is 12.1 Å². The van der Waals surface area contributed by atoms with Gasteiger partial charge in [0.1, 0.15) is 17.2 Å². The number of aromatic nitrogens is 2. The van der Waals surface area contributed by atoms with Gasteiger partial charge >= 0.3 is 0 Å². The fourth-order valence-corrected chi connectivity index (χ4v) is 2.56. The average Bonchev–Trinajstić information content (AvgIpc) is 2.92. The number of carbonyl (C=O) groups excluding carboxylic acids is 1. The molecule has 2 aromatic heterocycles. The van der Waals surface area contributed by atoms with Gasteiger partial charge in [0, 0.05) is 11.9 Å². The number of nitrogens with zero attached hydrogens (tertiary/aromatic N) is 2. The topological polar surface area (TPSA) is 70.5 Å². The van der Waals surface area contributed by atoms with Crippen LogP contribution >= 0.6 is 12.2 Å². The van der Waals surface area contributed by atoms with E-state index in [2.05, 4.69) is 21.2 Å². The van der Waals surface area contributed by atoms with Crippen LogP contribution in [0, 0.1) is 19.7 Å². The first-order valence-corrected chi connectivity index (χ1v) is 7.93. The predicted octanol–water partition coefficient (Wildman–Crippen LogP) is 2.72. The lowest BCUT2D eigenvalue weighted by Gasteiger charge is -2.12. The van der Waals surface area contributed by atoms with E-state index >= 15 is 0 Å². The second-order valence-corrected chi connectivity index (χ2v) is 5.88. The molecule has 3 aromatic rings. The van der Waals surface area contributed by atoms with Crippen molar-refractivity contribution >= 4 is 34.6 Å². The molecule has 3 N–H and O–H groups in total. The number of fused-ring (bicyclic) bond motifs is 1. The summed E-state index contributed by atoms with van der Waals surface area (Å²) < 4.78 is 15.2. The summed E-state index contributed by atoms with van der Waals surface area (Å²) in [4.78, 5) is 16.7. The largest absolute Gasteiger partial charge is 0.331 e. The molecule has 0 saturated carbocycles. The fourth-order valence-electron chi connectivity index (χ4n) is 2.39. The number of hydrogen-bond donors (Lipinski definition) is 3. The molecule has 0 bridgehead atoms. The van der Waals surface area contributed by atoms with Gasteiger partial charge < -0.3 is 5.32 Å². The van der Waals surface area contributed by atoms with Crippen molar-refractivity contribution in [3.8, 4) is 0 Å². The van der Waals surface area contributed by atoms with Crippen LogP contribution < -0.4 is 16.2 Å². The molecule has 0 unspecified atom stereocenters. The summed E-state index contributed by atoms with van der Waals surface area (Å²) in [5.41, 5.74) is 7.84. The summed E-state index contributed by atoms with van der Waals surface area (Å²) in [5, 5.41) is 2.95. The van der Waals surface area contributed by atoms with Crippen molar-refractivity contribution in [2.24, 2.45) is 0 Å². The Bertz CT molecular complexity index is 969. The van der Waals surface area contributed by atoms with Crippen LogP contribution in [-0.2, 0) is 0 Å². The first kappa shape index (κ1) is 16.8. The zero-order valence-corrected chi connectivity index (χ0v) is 14.4. The summed E-state index contributed by atoms with van der Waals surface area (Å²) >= 11 is 5.11. The standard InChI is InChI=1S/C17H16FN5OS/c1-10-6-7-12(9-13(10)18)20-17(25)22-21-16(24)15-11(2)19-14-5-3-4-8-23(14)15/h3-9H,1-2H3,(H,21,24)(H2,20,22,25). The summed E-state index contributed by atoms with van der Waals surface area (Å²) in [6, 6.07) is 10.1. The Morgan fingerprint density at radius 3 is 2.76 bits per heavy atom. The molecule has 0 aliphatic heterocycles. The molecule has 1 amide bonds. The van der Waals surface area contributed by atoms with Crippen molar-refractivity contribution < 1.29 is 9.18 Å². The van der Waals surface area contributed by atoms with E-state index in [1.54, 1.807) is 36.6 Å². The zero-order valence-electron chi connectivity index (χ0n) is 13.6. The minimum Gasteiger partial charge on any atom is -0.331 e. The van der Waals surface area contributed by atoms with Crippen LogP contribution in [0.2, 0.25) is 0 Å². The van der Waals surface area contributed by atoms with Crippen LogP contribution in [0.15, 0.2) is 42.6 Å². The molecule has 0 spiro atoms. The molecule has 0 aliphatic carbocycles. The number of rotatable bonds is 2. The number of aryl methyl sites for hydroxylation is 2. The number of pyridine rings is 1. The van der Waals surface area contributed by atoms with Gasteiger partial charge in [0.2, 0.25) is 0 Å². The number of imidazole rings is 1. The number of anilines is 1. The van der Waals surface area contributed by atoms with Gasteiger partial charge in [-0.25, -0.2) is 9.37 Å². The lowest BCUT2D eigenvalue weighted by molar-refractivity contribution is 0.0937. The summed E-state index contributed by atoms with van der Waals surface area (Å²) in [7, 11) is 0. The molecule has 1 aromatic carbocycles. The fraction of sp³-hybridized carbons (Fsp3) is 0.118. The van der Waals surface area contributed by atoms with Crippen LogP contribution in [0.5, 0.6) is 0 Å². The highest BCUT2D eigenvalue weighted by molar-refractivity contribution is 7.80. The number of hydrazine groups is 1. The van der Waals surface area contributed by atoms with Crippen molar-refractivity contribution in [3.63, 3.8) is 0 Å². The number of benzene rings is 1. The Morgan fingerprint density at radius 1 is 1.20 bits per heavy atom. The van der Waals surface area contributed by atoms with Crippen LogP contribution in [0.1, 0.15) is 21.7 Å². The number of nitrogens with one attached hydrogen (secondary N) is 3. The monoisotopic (exact) mass is 357 g/mol.